The van der Waals surface area contributed by atoms with Crippen molar-refractivity contribution in [1.29, 1.82) is 0 Å². The molecule has 4 rings (SSSR count). The normalized spacial score (nSPS) is 19.7. The first-order valence-corrected chi connectivity index (χ1v) is 7.48. The molecule has 1 aliphatic rings. The average Bonchev–Trinajstić information content (AvgIpc) is 2.86. The number of aromatic amines is 1. The number of hydrogen-bond donors (Lipinski definition) is 2. The Labute approximate surface area is 118 Å². The van der Waals surface area contributed by atoms with Crippen LogP contribution in [0.5, 0.6) is 0 Å². The maximum atomic E-state index is 4.22. The Morgan fingerprint density at radius 2 is 2.10 bits per heavy atom. The van der Waals surface area contributed by atoms with E-state index in [-0.39, 0.29) is 0 Å². The van der Waals surface area contributed by atoms with E-state index < -0.39 is 0 Å². The molecule has 0 spiro atoms. The van der Waals surface area contributed by atoms with Crippen LogP contribution in [0.4, 0.5) is 0 Å². The van der Waals surface area contributed by atoms with Gasteiger partial charge in [-0.25, -0.2) is 0 Å². The molecule has 1 atom stereocenters. The Morgan fingerprint density at radius 1 is 1.10 bits per heavy atom. The third-order valence-corrected chi connectivity index (χ3v) is 4.36. The predicted molar refractivity (Wildman–Crippen MR) is 82.9 cm³/mol. The molecule has 0 amide bonds. The van der Waals surface area contributed by atoms with E-state index in [1.165, 1.54) is 53.2 Å². The molecule has 2 N–H and O–H groups in total. The van der Waals surface area contributed by atoms with Crippen molar-refractivity contribution in [3.63, 3.8) is 0 Å². The molecule has 2 aromatic heterocycles. The summed E-state index contributed by atoms with van der Waals surface area (Å²) < 4.78 is 0. The number of rotatable bonds is 2. The van der Waals surface area contributed by atoms with E-state index in [1.54, 1.807) is 0 Å². The second-order valence-electron chi connectivity index (χ2n) is 5.78. The minimum atomic E-state index is 0.646. The lowest BCUT2D eigenvalue weighted by Gasteiger charge is -2.23. The van der Waals surface area contributed by atoms with Gasteiger partial charge in [0.15, 0.2) is 0 Å². The van der Waals surface area contributed by atoms with Gasteiger partial charge in [0.1, 0.15) is 0 Å². The van der Waals surface area contributed by atoms with E-state index in [9.17, 15) is 0 Å². The van der Waals surface area contributed by atoms with E-state index in [1.807, 2.05) is 18.5 Å². The molecule has 1 aliphatic heterocycles. The molecule has 0 aliphatic carbocycles. The minimum Gasteiger partial charge on any atom is -0.354 e. The van der Waals surface area contributed by atoms with Gasteiger partial charge in [0.05, 0.1) is 0 Å². The largest absolute Gasteiger partial charge is 0.354 e. The van der Waals surface area contributed by atoms with Gasteiger partial charge in [0, 0.05) is 40.2 Å². The third kappa shape index (κ3) is 2.08. The maximum absolute atomic E-state index is 4.22. The fourth-order valence-electron chi connectivity index (χ4n) is 3.30. The highest BCUT2D eigenvalue weighted by molar-refractivity contribution is 6.06. The van der Waals surface area contributed by atoms with E-state index in [0.29, 0.717) is 6.04 Å². The summed E-state index contributed by atoms with van der Waals surface area (Å²) in [5, 5.41) is 6.11. The maximum Gasteiger partial charge on any atom is 0.0495 e. The summed E-state index contributed by atoms with van der Waals surface area (Å²) in [4.78, 5) is 7.72. The van der Waals surface area contributed by atoms with Crippen molar-refractivity contribution in [3.05, 3.63) is 42.2 Å². The second kappa shape index (κ2) is 4.91. The Bertz CT molecular complexity index is 738. The molecule has 20 heavy (non-hydrogen) atoms. The quantitative estimate of drug-likeness (QED) is 0.745. The van der Waals surface area contributed by atoms with Crippen molar-refractivity contribution in [2.24, 2.45) is 0 Å². The minimum absolute atomic E-state index is 0.646. The molecule has 1 aromatic carbocycles. The fourth-order valence-corrected chi connectivity index (χ4v) is 3.30. The smallest absolute Gasteiger partial charge is 0.0495 e. The first-order chi connectivity index (χ1) is 9.90. The van der Waals surface area contributed by atoms with Crippen LogP contribution in [0.25, 0.3) is 21.8 Å². The summed E-state index contributed by atoms with van der Waals surface area (Å²) in [6.45, 7) is 1.17. The Morgan fingerprint density at radius 3 is 3.00 bits per heavy atom. The second-order valence-corrected chi connectivity index (χ2v) is 5.78. The van der Waals surface area contributed by atoms with E-state index >= 15 is 0 Å². The molecule has 0 saturated carbocycles. The zero-order chi connectivity index (χ0) is 13.4. The van der Waals surface area contributed by atoms with Crippen LogP contribution in [0.2, 0.25) is 0 Å². The lowest BCUT2D eigenvalue weighted by atomic mass is 9.97. The van der Waals surface area contributed by atoms with Crippen molar-refractivity contribution in [3.8, 4) is 0 Å². The standard InChI is InChI=1S/C17H19N3/c1-2-7-19-13(3-1)9-12-4-5-14-15-11-18-8-6-16(15)20-17(14)10-12/h4-6,8,10-11,13,19-20H,1-3,7,9H2. The number of fused-ring (bicyclic) bond motifs is 3. The molecule has 3 aromatic rings. The van der Waals surface area contributed by atoms with Crippen molar-refractivity contribution >= 4 is 21.8 Å². The molecular weight excluding hydrogens is 246 g/mol. The van der Waals surface area contributed by atoms with Crippen molar-refractivity contribution < 1.29 is 0 Å². The molecule has 1 unspecified atom stereocenters. The van der Waals surface area contributed by atoms with Crippen LogP contribution in [0, 0.1) is 0 Å². The van der Waals surface area contributed by atoms with Gasteiger partial charge in [0.2, 0.25) is 0 Å². The fraction of sp³-hybridized carbons (Fsp3) is 0.353. The summed E-state index contributed by atoms with van der Waals surface area (Å²) in [7, 11) is 0. The summed E-state index contributed by atoms with van der Waals surface area (Å²) in [6, 6.07) is 9.48. The van der Waals surface area contributed by atoms with Gasteiger partial charge in [-0.05, 0) is 43.5 Å². The molecule has 3 nitrogen and oxygen atoms in total. The number of benzene rings is 1. The number of nitrogens with one attached hydrogen (secondary N) is 2. The number of H-pyrrole nitrogens is 1. The van der Waals surface area contributed by atoms with E-state index in [0.717, 1.165) is 6.42 Å². The summed E-state index contributed by atoms with van der Waals surface area (Å²) in [6.07, 6.45) is 8.89. The third-order valence-electron chi connectivity index (χ3n) is 4.36. The van der Waals surface area contributed by atoms with Gasteiger partial charge in [-0.15, -0.1) is 0 Å². The lowest BCUT2D eigenvalue weighted by Crippen LogP contribution is -2.35. The van der Waals surface area contributed by atoms with E-state index in [2.05, 4.69) is 33.5 Å². The van der Waals surface area contributed by atoms with Crippen LogP contribution in [-0.4, -0.2) is 22.6 Å². The molecule has 102 valence electrons. The molecule has 3 heteroatoms. The average molecular weight is 265 g/mol. The highest BCUT2D eigenvalue weighted by Gasteiger charge is 2.13. The molecule has 0 radical (unpaired) electrons. The molecular formula is C17H19N3. The topological polar surface area (TPSA) is 40.7 Å². The predicted octanol–water partition coefficient (Wildman–Crippen LogP) is 3.40. The lowest BCUT2D eigenvalue weighted by molar-refractivity contribution is 0.399. The van der Waals surface area contributed by atoms with Crippen LogP contribution in [0.15, 0.2) is 36.7 Å². The number of hydrogen-bond acceptors (Lipinski definition) is 2. The highest BCUT2D eigenvalue weighted by atomic mass is 14.9. The van der Waals surface area contributed by atoms with Crippen molar-refractivity contribution in [1.82, 2.24) is 15.3 Å². The van der Waals surface area contributed by atoms with Crippen LogP contribution >= 0.6 is 0 Å². The first kappa shape index (κ1) is 11.9. The van der Waals surface area contributed by atoms with Crippen LogP contribution in [0.3, 0.4) is 0 Å². The van der Waals surface area contributed by atoms with Crippen LogP contribution in [-0.2, 0) is 6.42 Å². The monoisotopic (exact) mass is 265 g/mol. The summed E-state index contributed by atoms with van der Waals surface area (Å²) in [5.41, 5.74) is 3.81. The highest BCUT2D eigenvalue weighted by Crippen LogP contribution is 2.26. The van der Waals surface area contributed by atoms with Gasteiger partial charge in [-0.1, -0.05) is 18.6 Å². The van der Waals surface area contributed by atoms with E-state index in [4.69, 9.17) is 0 Å². The van der Waals surface area contributed by atoms with Crippen LogP contribution < -0.4 is 5.32 Å². The summed E-state index contributed by atoms with van der Waals surface area (Å²) >= 11 is 0. The SMILES string of the molecule is c1cc2[nH]c3cc(CC4CCCCN4)ccc3c2cn1. The molecule has 1 fully saturated rings. The van der Waals surface area contributed by atoms with Gasteiger partial charge in [-0.3, -0.25) is 4.98 Å². The molecule has 0 bridgehead atoms. The van der Waals surface area contributed by atoms with Crippen molar-refractivity contribution in [2.75, 3.05) is 6.54 Å². The van der Waals surface area contributed by atoms with Gasteiger partial charge < -0.3 is 10.3 Å². The van der Waals surface area contributed by atoms with Gasteiger partial charge in [-0.2, -0.15) is 0 Å². The zero-order valence-corrected chi connectivity index (χ0v) is 11.5. The number of piperidine rings is 1. The number of nitrogens with zero attached hydrogens (tertiary/aromatic N) is 1. The van der Waals surface area contributed by atoms with Crippen LogP contribution in [0.1, 0.15) is 24.8 Å². The Kier molecular flexibility index (Phi) is 2.92. The summed E-state index contributed by atoms with van der Waals surface area (Å²) in [5.74, 6) is 0. The Hall–Kier alpha value is -1.87. The number of aromatic nitrogens is 2. The first-order valence-electron chi connectivity index (χ1n) is 7.48. The Balaban J connectivity index is 1.69. The molecule has 3 heterocycles. The van der Waals surface area contributed by atoms with Crippen molar-refractivity contribution in [2.45, 2.75) is 31.7 Å². The zero-order valence-electron chi connectivity index (χ0n) is 11.5. The number of pyridine rings is 1. The molecule has 1 saturated heterocycles. The van der Waals surface area contributed by atoms with Gasteiger partial charge >= 0.3 is 0 Å². The van der Waals surface area contributed by atoms with Gasteiger partial charge in [0.25, 0.3) is 0 Å².